The molecule has 2 rings (SSSR count). The zero-order chi connectivity index (χ0) is 14.8. The molecular formula is C16H30N4. The zero-order valence-corrected chi connectivity index (χ0v) is 13.7. The van der Waals surface area contributed by atoms with Crippen LogP contribution in [0.5, 0.6) is 0 Å². The standard InChI is InChI=1S/C16H30N4/c1-6-13-10-15(19(5)18-13)12-20-9-7-8-14(20)11-17-16(2,3)4/h10,14,17H,6-9,11-12H2,1-5H3. The van der Waals surface area contributed by atoms with Crippen LogP contribution in [0.15, 0.2) is 6.07 Å². The fourth-order valence-electron chi connectivity index (χ4n) is 2.86. The van der Waals surface area contributed by atoms with E-state index in [-0.39, 0.29) is 5.54 Å². The van der Waals surface area contributed by atoms with Crippen LogP contribution in [0.25, 0.3) is 0 Å². The van der Waals surface area contributed by atoms with Crippen molar-refractivity contribution < 1.29 is 0 Å². The minimum Gasteiger partial charge on any atom is -0.311 e. The van der Waals surface area contributed by atoms with Gasteiger partial charge in [0, 0.05) is 31.7 Å². The molecule has 4 heteroatoms. The van der Waals surface area contributed by atoms with Crippen molar-refractivity contribution in [2.45, 2.75) is 65.1 Å². The first-order chi connectivity index (χ1) is 9.39. The summed E-state index contributed by atoms with van der Waals surface area (Å²) in [7, 11) is 2.06. The molecule has 1 N–H and O–H groups in total. The van der Waals surface area contributed by atoms with Gasteiger partial charge >= 0.3 is 0 Å². The minimum atomic E-state index is 0.205. The molecule has 1 aliphatic heterocycles. The third kappa shape index (κ3) is 4.06. The van der Waals surface area contributed by atoms with E-state index in [4.69, 9.17) is 0 Å². The van der Waals surface area contributed by atoms with E-state index in [1.54, 1.807) is 0 Å². The second-order valence-electron chi connectivity index (χ2n) is 7.00. The van der Waals surface area contributed by atoms with E-state index in [0.717, 1.165) is 19.5 Å². The van der Waals surface area contributed by atoms with Crippen LogP contribution in [0.2, 0.25) is 0 Å². The van der Waals surface area contributed by atoms with E-state index in [0.29, 0.717) is 6.04 Å². The fraction of sp³-hybridized carbons (Fsp3) is 0.812. The lowest BCUT2D eigenvalue weighted by Gasteiger charge is -2.29. The largest absolute Gasteiger partial charge is 0.311 e. The van der Waals surface area contributed by atoms with Crippen molar-refractivity contribution in [2.75, 3.05) is 13.1 Å². The van der Waals surface area contributed by atoms with E-state index in [2.05, 4.69) is 56.1 Å². The number of likely N-dealkylation sites (tertiary alicyclic amines) is 1. The molecule has 114 valence electrons. The summed E-state index contributed by atoms with van der Waals surface area (Å²) >= 11 is 0. The van der Waals surface area contributed by atoms with E-state index < -0.39 is 0 Å². The molecule has 0 radical (unpaired) electrons. The number of hydrogen-bond acceptors (Lipinski definition) is 3. The van der Waals surface area contributed by atoms with Gasteiger partial charge < -0.3 is 5.32 Å². The topological polar surface area (TPSA) is 33.1 Å². The van der Waals surface area contributed by atoms with Crippen molar-refractivity contribution in [3.05, 3.63) is 17.5 Å². The lowest BCUT2D eigenvalue weighted by molar-refractivity contribution is 0.221. The summed E-state index contributed by atoms with van der Waals surface area (Å²) in [5, 5.41) is 8.20. The average molecular weight is 278 g/mol. The second kappa shape index (κ2) is 6.27. The summed E-state index contributed by atoms with van der Waals surface area (Å²) in [5.74, 6) is 0. The van der Waals surface area contributed by atoms with Gasteiger partial charge in [-0.15, -0.1) is 0 Å². The molecule has 2 heterocycles. The first kappa shape index (κ1) is 15.5. The van der Waals surface area contributed by atoms with E-state index in [9.17, 15) is 0 Å². The molecule has 1 aliphatic rings. The molecule has 20 heavy (non-hydrogen) atoms. The highest BCUT2D eigenvalue weighted by Gasteiger charge is 2.26. The Bertz CT molecular complexity index is 430. The highest BCUT2D eigenvalue weighted by Crippen LogP contribution is 2.20. The van der Waals surface area contributed by atoms with Gasteiger partial charge in [-0.2, -0.15) is 5.10 Å². The Kier molecular flexibility index (Phi) is 4.86. The lowest BCUT2D eigenvalue weighted by atomic mass is 10.1. The molecule has 0 bridgehead atoms. The van der Waals surface area contributed by atoms with Crippen LogP contribution in [0.1, 0.15) is 51.9 Å². The average Bonchev–Trinajstić information content (AvgIpc) is 2.94. The molecule has 0 amide bonds. The molecule has 1 fully saturated rings. The van der Waals surface area contributed by atoms with Gasteiger partial charge in [0.05, 0.1) is 11.4 Å². The van der Waals surface area contributed by atoms with E-state index in [1.807, 2.05) is 4.68 Å². The monoisotopic (exact) mass is 278 g/mol. The number of nitrogens with zero attached hydrogens (tertiary/aromatic N) is 3. The van der Waals surface area contributed by atoms with E-state index in [1.165, 1.54) is 30.8 Å². The molecule has 4 nitrogen and oxygen atoms in total. The van der Waals surface area contributed by atoms with Crippen molar-refractivity contribution in [2.24, 2.45) is 7.05 Å². The summed E-state index contributed by atoms with van der Waals surface area (Å²) in [4.78, 5) is 2.61. The molecular weight excluding hydrogens is 248 g/mol. The van der Waals surface area contributed by atoms with Gasteiger partial charge in [-0.25, -0.2) is 0 Å². The third-order valence-corrected chi connectivity index (χ3v) is 4.12. The molecule has 1 atom stereocenters. The highest BCUT2D eigenvalue weighted by molar-refractivity contribution is 5.10. The SMILES string of the molecule is CCc1cc(CN2CCCC2CNC(C)(C)C)n(C)n1. The first-order valence-electron chi connectivity index (χ1n) is 7.90. The van der Waals surface area contributed by atoms with Crippen LogP contribution in [0.4, 0.5) is 0 Å². The van der Waals surface area contributed by atoms with Crippen LogP contribution < -0.4 is 5.32 Å². The summed E-state index contributed by atoms with van der Waals surface area (Å²) in [6.45, 7) is 12.2. The van der Waals surface area contributed by atoms with Gasteiger partial charge in [0.2, 0.25) is 0 Å². The summed E-state index contributed by atoms with van der Waals surface area (Å²) in [5.41, 5.74) is 2.74. The molecule has 0 saturated carbocycles. The van der Waals surface area contributed by atoms with Crippen molar-refractivity contribution in [3.63, 3.8) is 0 Å². The quantitative estimate of drug-likeness (QED) is 0.897. The normalized spacial score (nSPS) is 20.8. The van der Waals surface area contributed by atoms with Gasteiger partial charge in [0.25, 0.3) is 0 Å². The van der Waals surface area contributed by atoms with Gasteiger partial charge in [0.15, 0.2) is 0 Å². The maximum absolute atomic E-state index is 4.56. The van der Waals surface area contributed by atoms with Crippen LogP contribution in [0, 0.1) is 0 Å². The lowest BCUT2D eigenvalue weighted by Crippen LogP contribution is -2.45. The predicted octanol–water partition coefficient (Wildman–Crippen LogP) is 2.33. The van der Waals surface area contributed by atoms with Crippen molar-refractivity contribution in [3.8, 4) is 0 Å². The summed E-state index contributed by atoms with van der Waals surface area (Å²) in [6, 6.07) is 2.92. The number of nitrogens with one attached hydrogen (secondary N) is 1. The molecule has 1 aromatic rings. The van der Waals surface area contributed by atoms with Gasteiger partial charge in [-0.05, 0) is 52.6 Å². The van der Waals surface area contributed by atoms with Crippen LogP contribution in [-0.2, 0) is 20.0 Å². The van der Waals surface area contributed by atoms with E-state index >= 15 is 0 Å². The molecule has 1 saturated heterocycles. The summed E-state index contributed by atoms with van der Waals surface area (Å²) < 4.78 is 2.05. The molecule has 0 aliphatic carbocycles. The van der Waals surface area contributed by atoms with Crippen molar-refractivity contribution >= 4 is 0 Å². The number of aromatic nitrogens is 2. The minimum absolute atomic E-state index is 0.205. The Hall–Kier alpha value is -0.870. The fourth-order valence-corrected chi connectivity index (χ4v) is 2.86. The van der Waals surface area contributed by atoms with Crippen molar-refractivity contribution in [1.82, 2.24) is 20.0 Å². The third-order valence-electron chi connectivity index (χ3n) is 4.12. The number of rotatable bonds is 5. The van der Waals surface area contributed by atoms with Gasteiger partial charge in [-0.1, -0.05) is 6.92 Å². The van der Waals surface area contributed by atoms with Gasteiger partial charge in [0.1, 0.15) is 0 Å². The predicted molar refractivity (Wildman–Crippen MR) is 83.8 cm³/mol. The van der Waals surface area contributed by atoms with Crippen molar-refractivity contribution in [1.29, 1.82) is 0 Å². The second-order valence-corrected chi connectivity index (χ2v) is 7.00. The number of aryl methyl sites for hydroxylation is 2. The van der Waals surface area contributed by atoms with Crippen LogP contribution >= 0.6 is 0 Å². The smallest absolute Gasteiger partial charge is 0.0625 e. The molecule has 1 unspecified atom stereocenters. The Morgan fingerprint density at radius 1 is 1.40 bits per heavy atom. The molecule has 1 aromatic heterocycles. The molecule has 0 aromatic carbocycles. The van der Waals surface area contributed by atoms with Crippen LogP contribution in [0.3, 0.4) is 0 Å². The zero-order valence-electron chi connectivity index (χ0n) is 13.7. The Morgan fingerprint density at radius 3 is 2.75 bits per heavy atom. The molecule has 0 spiro atoms. The Balaban J connectivity index is 1.95. The Labute approximate surface area is 123 Å². The number of hydrogen-bond donors (Lipinski definition) is 1. The summed E-state index contributed by atoms with van der Waals surface area (Å²) in [6.07, 6.45) is 3.64. The first-order valence-corrected chi connectivity index (χ1v) is 7.90. The Morgan fingerprint density at radius 2 is 2.15 bits per heavy atom. The highest BCUT2D eigenvalue weighted by atomic mass is 15.3. The maximum Gasteiger partial charge on any atom is 0.0625 e. The van der Waals surface area contributed by atoms with Gasteiger partial charge in [-0.3, -0.25) is 9.58 Å². The maximum atomic E-state index is 4.56. The van der Waals surface area contributed by atoms with Crippen LogP contribution in [-0.4, -0.2) is 39.4 Å².